The highest BCUT2D eigenvalue weighted by molar-refractivity contribution is 6.34. The molecule has 2 rings (SSSR count). The number of hydrazone groups is 1. The molecule has 0 bridgehead atoms. The highest BCUT2D eigenvalue weighted by atomic mass is 16.5. The minimum atomic E-state index is -0.875. The van der Waals surface area contributed by atoms with Crippen LogP contribution in [-0.4, -0.2) is 44.7 Å². The number of carbonyl (C=O) groups excluding carboxylic acids is 3. The molecular formula is C19H20N4O5. The lowest BCUT2D eigenvalue weighted by Gasteiger charge is -2.09. The lowest BCUT2D eigenvalue weighted by atomic mass is 10.2. The van der Waals surface area contributed by atoms with Gasteiger partial charge in [0.15, 0.2) is 6.61 Å². The van der Waals surface area contributed by atoms with Crippen LogP contribution in [-0.2, 0) is 14.4 Å². The first-order valence-corrected chi connectivity index (χ1v) is 8.23. The van der Waals surface area contributed by atoms with Crippen molar-refractivity contribution in [1.29, 1.82) is 0 Å². The summed E-state index contributed by atoms with van der Waals surface area (Å²) in [5.74, 6) is -0.918. The Morgan fingerprint density at radius 2 is 1.79 bits per heavy atom. The maximum Gasteiger partial charge on any atom is 0.329 e. The van der Waals surface area contributed by atoms with Gasteiger partial charge in [0.1, 0.15) is 11.5 Å². The van der Waals surface area contributed by atoms with E-state index in [1.165, 1.54) is 13.3 Å². The number of nitrogens with one attached hydrogen (secondary N) is 3. The summed E-state index contributed by atoms with van der Waals surface area (Å²) in [6.07, 6.45) is 1.35. The molecule has 3 amide bonds. The molecule has 0 aliphatic rings. The van der Waals surface area contributed by atoms with Gasteiger partial charge in [-0.2, -0.15) is 5.10 Å². The SMILES string of the molecule is CNC(=O)C(=O)N/N=C\c1cccc(OCC(=O)Nc2cccc(OC)c2)c1. The first-order valence-electron chi connectivity index (χ1n) is 8.23. The molecular weight excluding hydrogens is 364 g/mol. The minimum absolute atomic E-state index is 0.189. The first-order chi connectivity index (χ1) is 13.5. The zero-order valence-corrected chi connectivity index (χ0v) is 15.4. The summed E-state index contributed by atoms with van der Waals surface area (Å²) >= 11 is 0. The number of rotatable bonds is 7. The van der Waals surface area contributed by atoms with Crippen molar-refractivity contribution in [3.05, 3.63) is 54.1 Å². The Hall–Kier alpha value is -3.88. The molecule has 0 atom stereocenters. The summed E-state index contributed by atoms with van der Waals surface area (Å²) in [4.78, 5) is 34.4. The standard InChI is InChI=1S/C19H20N4O5/c1-20-18(25)19(26)23-21-11-13-5-3-8-16(9-13)28-12-17(24)22-14-6-4-7-15(10-14)27-2/h3-11H,12H2,1-2H3,(H,20,25)(H,22,24)(H,23,26)/b21-11-. The van der Waals surface area contributed by atoms with E-state index in [2.05, 4.69) is 21.2 Å². The first kappa shape index (κ1) is 20.4. The summed E-state index contributed by atoms with van der Waals surface area (Å²) in [5.41, 5.74) is 3.30. The van der Waals surface area contributed by atoms with E-state index in [4.69, 9.17) is 9.47 Å². The van der Waals surface area contributed by atoms with Crippen LogP contribution < -0.4 is 25.5 Å². The monoisotopic (exact) mass is 384 g/mol. The van der Waals surface area contributed by atoms with E-state index in [-0.39, 0.29) is 12.5 Å². The van der Waals surface area contributed by atoms with Gasteiger partial charge in [-0.05, 0) is 29.8 Å². The Morgan fingerprint density at radius 3 is 2.54 bits per heavy atom. The second-order valence-electron chi connectivity index (χ2n) is 5.42. The van der Waals surface area contributed by atoms with Crippen LogP contribution in [0.25, 0.3) is 0 Å². The minimum Gasteiger partial charge on any atom is -0.497 e. The van der Waals surface area contributed by atoms with E-state index in [9.17, 15) is 14.4 Å². The summed E-state index contributed by atoms with van der Waals surface area (Å²) in [7, 11) is 2.89. The van der Waals surface area contributed by atoms with Crippen molar-refractivity contribution in [2.24, 2.45) is 5.10 Å². The average molecular weight is 384 g/mol. The third kappa shape index (κ3) is 6.45. The average Bonchev–Trinajstić information content (AvgIpc) is 2.72. The van der Waals surface area contributed by atoms with Gasteiger partial charge in [0, 0.05) is 18.8 Å². The van der Waals surface area contributed by atoms with Gasteiger partial charge in [-0.15, -0.1) is 0 Å². The molecule has 0 heterocycles. The molecule has 3 N–H and O–H groups in total. The van der Waals surface area contributed by atoms with Gasteiger partial charge in [0.05, 0.1) is 13.3 Å². The molecule has 0 aliphatic heterocycles. The molecule has 0 saturated carbocycles. The number of carbonyl (C=O) groups is 3. The topological polar surface area (TPSA) is 118 Å². The Labute approximate surface area is 161 Å². The molecule has 0 unspecified atom stereocenters. The second kappa shape index (κ2) is 10.3. The predicted octanol–water partition coefficient (Wildman–Crippen LogP) is 0.909. The van der Waals surface area contributed by atoms with Crippen LogP contribution in [0.15, 0.2) is 53.6 Å². The van der Waals surface area contributed by atoms with Crippen LogP contribution in [0.4, 0.5) is 5.69 Å². The maximum atomic E-state index is 12.0. The number of amides is 3. The predicted molar refractivity (Wildman–Crippen MR) is 103 cm³/mol. The quantitative estimate of drug-likeness (QED) is 0.373. The molecule has 9 nitrogen and oxygen atoms in total. The fourth-order valence-electron chi connectivity index (χ4n) is 2.06. The van der Waals surface area contributed by atoms with Crippen molar-refractivity contribution in [3.63, 3.8) is 0 Å². The lowest BCUT2D eigenvalue weighted by molar-refractivity contribution is -0.138. The number of hydrogen-bond donors (Lipinski definition) is 3. The van der Waals surface area contributed by atoms with Crippen molar-refractivity contribution in [1.82, 2.24) is 10.7 Å². The van der Waals surface area contributed by atoms with Crippen molar-refractivity contribution in [3.8, 4) is 11.5 Å². The molecule has 0 fully saturated rings. The van der Waals surface area contributed by atoms with E-state index < -0.39 is 11.8 Å². The molecule has 0 radical (unpaired) electrons. The van der Waals surface area contributed by atoms with Crippen LogP contribution in [0, 0.1) is 0 Å². The Kier molecular flexibility index (Phi) is 7.53. The maximum absolute atomic E-state index is 12.0. The van der Waals surface area contributed by atoms with Gasteiger partial charge in [-0.3, -0.25) is 14.4 Å². The summed E-state index contributed by atoms with van der Waals surface area (Å²) in [6.45, 7) is -0.189. The smallest absolute Gasteiger partial charge is 0.329 e. The third-order valence-electron chi connectivity index (χ3n) is 3.39. The fourth-order valence-corrected chi connectivity index (χ4v) is 2.06. The Morgan fingerprint density at radius 1 is 1.04 bits per heavy atom. The number of hydrogen-bond acceptors (Lipinski definition) is 6. The van der Waals surface area contributed by atoms with Crippen LogP contribution in [0.2, 0.25) is 0 Å². The molecule has 9 heteroatoms. The van der Waals surface area contributed by atoms with Gasteiger partial charge < -0.3 is 20.1 Å². The van der Waals surface area contributed by atoms with Crippen molar-refractivity contribution < 1.29 is 23.9 Å². The summed E-state index contributed by atoms with van der Waals surface area (Å²) < 4.78 is 10.6. The van der Waals surface area contributed by atoms with Crippen LogP contribution in [0.5, 0.6) is 11.5 Å². The van der Waals surface area contributed by atoms with E-state index >= 15 is 0 Å². The Balaban J connectivity index is 1.87. The molecule has 2 aromatic carbocycles. The fraction of sp³-hybridized carbons (Fsp3) is 0.158. The van der Waals surface area contributed by atoms with Gasteiger partial charge >= 0.3 is 11.8 Å². The molecule has 0 saturated heterocycles. The number of anilines is 1. The lowest BCUT2D eigenvalue weighted by Crippen LogP contribution is -2.35. The molecule has 0 aliphatic carbocycles. The third-order valence-corrected chi connectivity index (χ3v) is 3.39. The van der Waals surface area contributed by atoms with Crippen molar-refractivity contribution in [2.45, 2.75) is 0 Å². The summed E-state index contributed by atoms with van der Waals surface area (Å²) in [6, 6.07) is 13.7. The Bertz CT molecular complexity index is 882. The number of methoxy groups -OCH3 is 1. The van der Waals surface area contributed by atoms with Crippen LogP contribution in [0.1, 0.15) is 5.56 Å². The van der Waals surface area contributed by atoms with Gasteiger partial charge in [-0.25, -0.2) is 5.43 Å². The van der Waals surface area contributed by atoms with E-state index in [1.807, 2.05) is 0 Å². The molecule has 0 spiro atoms. The van der Waals surface area contributed by atoms with Crippen molar-refractivity contribution in [2.75, 3.05) is 26.1 Å². The number of likely N-dealkylation sites (N-methyl/N-ethyl adjacent to an activating group) is 1. The largest absolute Gasteiger partial charge is 0.497 e. The zero-order chi connectivity index (χ0) is 20.4. The highest BCUT2D eigenvalue weighted by Gasteiger charge is 2.09. The number of nitrogens with zero attached hydrogens (tertiary/aromatic N) is 1. The molecule has 2 aromatic rings. The van der Waals surface area contributed by atoms with Gasteiger partial charge in [-0.1, -0.05) is 18.2 Å². The zero-order valence-electron chi connectivity index (χ0n) is 15.4. The van der Waals surface area contributed by atoms with E-state index in [1.54, 1.807) is 55.6 Å². The number of benzene rings is 2. The summed E-state index contributed by atoms with van der Waals surface area (Å²) in [5, 5.41) is 8.58. The van der Waals surface area contributed by atoms with Crippen LogP contribution >= 0.6 is 0 Å². The van der Waals surface area contributed by atoms with Crippen molar-refractivity contribution >= 4 is 29.6 Å². The second-order valence-corrected chi connectivity index (χ2v) is 5.42. The van der Waals surface area contributed by atoms with E-state index in [0.717, 1.165) is 0 Å². The molecule has 146 valence electrons. The normalized spacial score (nSPS) is 10.2. The number of ether oxygens (including phenoxy) is 2. The van der Waals surface area contributed by atoms with E-state index in [0.29, 0.717) is 22.7 Å². The molecule has 0 aromatic heterocycles. The van der Waals surface area contributed by atoms with Crippen LogP contribution in [0.3, 0.4) is 0 Å². The van der Waals surface area contributed by atoms with Gasteiger partial charge in [0.25, 0.3) is 5.91 Å². The highest BCUT2D eigenvalue weighted by Crippen LogP contribution is 2.17. The van der Waals surface area contributed by atoms with Gasteiger partial charge in [0.2, 0.25) is 0 Å². The molecule has 28 heavy (non-hydrogen) atoms.